The maximum atomic E-state index is 10.4. The van der Waals surface area contributed by atoms with Gasteiger partial charge in [0.05, 0.1) is 12.6 Å². The van der Waals surface area contributed by atoms with Crippen molar-refractivity contribution in [1.82, 2.24) is 15.3 Å². The monoisotopic (exact) mass is 243 g/mol. The number of nitrogens with zero attached hydrogens (tertiary/aromatic N) is 2. The highest BCUT2D eigenvalue weighted by atomic mass is 16.3. The van der Waals surface area contributed by atoms with Crippen LogP contribution in [-0.4, -0.2) is 28.1 Å². The predicted molar refractivity (Wildman–Crippen MR) is 66.5 cm³/mol. The van der Waals surface area contributed by atoms with Crippen molar-refractivity contribution in [3.05, 3.63) is 48.3 Å². The third-order valence-corrected chi connectivity index (χ3v) is 2.59. The molecule has 0 saturated heterocycles. The van der Waals surface area contributed by atoms with Gasteiger partial charge >= 0.3 is 0 Å². The Morgan fingerprint density at radius 3 is 2.44 bits per heavy atom. The molecule has 1 aromatic carbocycles. The second-order valence-corrected chi connectivity index (χ2v) is 3.71. The second-order valence-electron chi connectivity index (χ2n) is 3.71. The van der Waals surface area contributed by atoms with Crippen LogP contribution < -0.4 is 5.32 Å². The first kappa shape index (κ1) is 12.2. The van der Waals surface area contributed by atoms with Gasteiger partial charge in [-0.05, 0) is 11.6 Å². The van der Waals surface area contributed by atoms with Gasteiger partial charge in [-0.15, -0.1) is 0 Å². The molecule has 0 aliphatic carbocycles. The molecule has 0 radical (unpaired) electrons. The van der Waals surface area contributed by atoms with Crippen LogP contribution in [0.1, 0.15) is 11.6 Å². The molecule has 1 amide bonds. The van der Waals surface area contributed by atoms with Crippen LogP contribution in [-0.2, 0) is 4.79 Å². The molecule has 0 bridgehead atoms. The van der Waals surface area contributed by atoms with E-state index in [0.717, 1.165) is 11.1 Å². The lowest BCUT2D eigenvalue weighted by Gasteiger charge is -2.13. The van der Waals surface area contributed by atoms with Crippen molar-refractivity contribution in [2.24, 2.45) is 0 Å². The van der Waals surface area contributed by atoms with E-state index < -0.39 is 0 Å². The number of carbonyl (C=O) groups is 1. The van der Waals surface area contributed by atoms with Gasteiger partial charge in [0.1, 0.15) is 0 Å². The zero-order valence-electron chi connectivity index (χ0n) is 9.65. The molecule has 0 aliphatic rings. The fraction of sp³-hybridized carbons (Fsp3) is 0.154. The minimum atomic E-state index is -0.381. The molecule has 0 aliphatic heterocycles. The Hall–Kier alpha value is -2.27. The SMILES string of the molecule is O=CNC(CO)c1ccc(-c2ncccn2)cc1. The molecular formula is C13H13N3O2. The molecule has 1 unspecified atom stereocenters. The van der Waals surface area contributed by atoms with Crippen LogP contribution in [0.2, 0.25) is 0 Å². The number of hydrogen-bond donors (Lipinski definition) is 2. The molecule has 92 valence electrons. The van der Waals surface area contributed by atoms with Crippen LogP contribution in [0, 0.1) is 0 Å². The number of aliphatic hydroxyl groups is 1. The topological polar surface area (TPSA) is 75.1 Å². The molecule has 0 fully saturated rings. The summed E-state index contributed by atoms with van der Waals surface area (Å²) in [6.07, 6.45) is 3.94. The van der Waals surface area contributed by atoms with E-state index in [9.17, 15) is 4.79 Å². The van der Waals surface area contributed by atoms with Crippen LogP contribution in [0.4, 0.5) is 0 Å². The number of rotatable bonds is 5. The zero-order valence-corrected chi connectivity index (χ0v) is 9.65. The Bertz CT molecular complexity index is 499. The Morgan fingerprint density at radius 2 is 1.89 bits per heavy atom. The van der Waals surface area contributed by atoms with Crippen LogP contribution in [0.5, 0.6) is 0 Å². The summed E-state index contributed by atoms with van der Waals surface area (Å²) in [6.45, 7) is -0.139. The summed E-state index contributed by atoms with van der Waals surface area (Å²) in [6, 6.07) is 8.77. The number of amides is 1. The van der Waals surface area contributed by atoms with Crippen LogP contribution >= 0.6 is 0 Å². The molecule has 2 rings (SSSR count). The van der Waals surface area contributed by atoms with Crippen molar-refractivity contribution < 1.29 is 9.90 Å². The molecule has 2 N–H and O–H groups in total. The fourth-order valence-electron chi connectivity index (χ4n) is 1.65. The van der Waals surface area contributed by atoms with Crippen molar-refractivity contribution in [2.75, 3.05) is 6.61 Å². The average molecular weight is 243 g/mol. The molecule has 18 heavy (non-hydrogen) atoms. The minimum absolute atomic E-state index is 0.139. The van der Waals surface area contributed by atoms with Gasteiger partial charge in [-0.2, -0.15) is 0 Å². The summed E-state index contributed by atoms with van der Waals surface area (Å²) in [7, 11) is 0. The summed E-state index contributed by atoms with van der Waals surface area (Å²) in [5, 5.41) is 11.7. The third-order valence-electron chi connectivity index (χ3n) is 2.59. The normalized spacial score (nSPS) is 11.8. The minimum Gasteiger partial charge on any atom is -0.394 e. The Labute approximate surface area is 105 Å². The molecular weight excluding hydrogens is 230 g/mol. The number of aliphatic hydroxyl groups excluding tert-OH is 1. The van der Waals surface area contributed by atoms with Gasteiger partial charge < -0.3 is 10.4 Å². The molecule has 5 heteroatoms. The lowest BCUT2D eigenvalue weighted by Crippen LogP contribution is -2.22. The van der Waals surface area contributed by atoms with Crippen molar-refractivity contribution in [1.29, 1.82) is 0 Å². The highest BCUT2D eigenvalue weighted by Crippen LogP contribution is 2.18. The van der Waals surface area contributed by atoms with Crippen LogP contribution in [0.3, 0.4) is 0 Å². The van der Waals surface area contributed by atoms with E-state index in [1.54, 1.807) is 18.5 Å². The fourth-order valence-corrected chi connectivity index (χ4v) is 1.65. The van der Waals surface area contributed by atoms with Gasteiger partial charge in [-0.25, -0.2) is 9.97 Å². The van der Waals surface area contributed by atoms with Gasteiger partial charge in [-0.3, -0.25) is 4.79 Å². The van der Waals surface area contributed by atoms with E-state index >= 15 is 0 Å². The van der Waals surface area contributed by atoms with E-state index in [2.05, 4.69) is 15.3 Å². The Kier molecular flexibility index (Phi) is 3.98. The Balaban J connectivity index is 2.22. The number of carbonyl (C=O) groups excluding carboxylic acids is 1. The van der Waals surface area contributed by atoms with Gasteiger partial charge in [0, 0.05) is 18.0 Å². The lowest BCUT2D eigenvalue weighted by atomic mass is 10.1. The van der Waals surface area contributed by atoms with Gasteiger partial charge in [0.2, 0.25) is 6.41 Å². The standard InChI is InChI=1S/C13H13N3O2/c17-8-12(16-9-18)10-2-4-11(5-3-10)13-14-6-1-7-15-13/h1-7,9,12,17H,8H2,(H,16,18). The van der Waals surface area contributed by atoms with Gasteiger partial charge in [-0.1, -0.05) is 24.3 Å². The number of hydrogen-bond acceptors (Lipinski definition) is 4. The molecule has 0 saturated carbocycles. The zero-order chi connectivity index (χ0) is 12.8. The van der Waals surface area contributed by atoms with Gasteiger partial charge in [0.15, 0.2) is 5.82 Å². The van der Waals surface area contributed by atoms with E-state index in [-0.39, 0.29) is 12.6 Å². The smallest absolute Gasteiger partial charge is 0.207 e. The molecule has 2 aromatic rings. The molecule has 5 nitrogen and oxygen atoms in total. The van der Waals surface area contributed by atoms with Gasteiger partial charge in [0.25, 0.3) is 0 Å². The summed E-state index contributed by atoms with van der Waals surface area (Å²) in [4.78, 5) is 18.7. The van der Waals surface area contributed by atoms with E-state index in [4.69, 9.17) is 5.11 Å². The highest BCUT2D eigenvalue weighted by Gasteiger charge is 2.09. The van der Waals surface area contributed by atoms with Crippen LogP contribution in [0.25, 0.3) is 11.4 Å². The first-order valence-electron chi connectivity index (χ1n) is 5.53. The molecule has 1 heterocycles. The van der Waals surface area contributed by atoms with E-state index in [0.29, 0.717) is 12.2 Å². The molecule has 0 spiro atoms. The largest absolute Gasteiger partial charge is 0.394 e. The third kappa shape index (κ3) is 2.70. The average Bonchev–Trinajstić information content (AvgIpc) is 2.46. The van der Waals surface area contributed by atoms with Crippen molar-refractivity contribution in [2.45, 2.75) is 6.04 Å². The van der Waals surface area contributed by atoms with Crippen molar-refractivity contribution >= 4 is 6.41 Å². The first-order valence-corrected chi connectivity index (χ1v) is 5.53. The predicted octanol–water partition coefficient (Wildman–Crippen LogP) is 0.923. The summed E-state index contributed by atoms with van der Waals surface area (Å²) in [5.74, 6) is 0.646. The van der Waals surface area contributed by atoms with E-state index in [1.165, 1.54) is 0 Å². The maximum Gasteiger partial charge on any atom is 0.207 e. The maximum absolute atomic E-state index is 10.4. The van der Waals surface area contributed by atoms with Crippen molar-refractivity contribution in [3.63, 3.8) is 0 Å². The van der Waals surface area contributed by atoms with E-state index in [1.807, 2.05) is 24.3 Å². The van der Waals surface area contributed by atoms with Crippen molar-refractivity contribution in [3.8, 4) is 11.4 Å². The summed E-state index contributed by atoms with van der Waals surface area (Å²) in [5.41, 5.74) is 1.73. The number of benzene rings is 1. The summed E-state index contributed by atoms with van der Waals surface area (Å²) >= 11 is 0. The highest BCUT2D eigenvalue weighted by molar-refractivity contribution is 5.55. The lowest BCUT2D eigenvalue weighted by molar-refractivity contribution is -0.110. The first-order chi connectivity index (χ1) is 8.85. The Morgan fingerprint density at radius 1 is 1.22 bits per heavy atom. The number of aromatic nitrogens is 2. The van der Waals surface area contributed by atoms with Crippen LogP contribution in [0.15, 0.2) is 42.7 Å². The molecule has 1 atom stereocenters. The quantitative estimate of drug-likeness (QED) is 0.766. The molecule has 1 aromatic heterocycles. The summed E-state index contributed by atoms with van der Waals surface area (Å²) < 4.78 is 0. The number of nitrogens with one attached hydrogen (secondary N) is 1. The second kappa shape index (κ2) is 5.88.